The Balaban J connectivity index is 3.23. The fourth-order valence-electron chi connectivity index (χ4n) is 1.25. The summed E-state index contributed by atoms with van der Waals surface area (Å²) in [5, 5.41) is 0. The van der Waals surface area contributed by atoms with Crippen molar-refractivity contribution in [3.63, 3.8) is 0 Å². The number of methoxy groups -OCH3 is 1. The maximum absolute atomic E-state index is 5.58. The summed E-state index contributed by atoms with van der Waals surface area (Å²) >= 11 is 3.48. The molecule has 3 nitrogen and oxygen atoms in total. The maximum atomic E-state index is 5.58. The SMILES string of the molecule is COc1nc(C(C)C)c(Br)cc1CN. The average molecular weight is 259 g/mol. The van der Waals surface area contributed by atoms with Crippen LogP contribution in [0.25, 0.3) is 0 Å². The molecule has 0 bridgehead atoms. The average Bonchev–Trinajstić information content (AvgIpc) is 2.16. The lowest BCUT2D eigenvalue weighted by Gasteiger charge is -2.12. The number of nitrogens with zero attached hydrogens (tertiary/aromatic N) is 1. The van der Waals surface area contributed by atoms with Gasteiger partial charge in [-0.05, 0) is 27.9 Å². The van der Waals surface area contributed by atoms with Gasteiger partial charge in [-0.1, -0.05) is 13.8 Å². The van der Waals surface area contributed by atoms with E-state index in [-0.39, 0.29) is 0 Å². The summed E-state index contributed by atoms with van der Waals surface area (Å²) in [5.41, 5.74) is 7.50. The molecule has 4 heteroatoms. The third-order valence-electron chi connectivity index (χ3n) is 2.00. The first-order valence-electron chi connectivity index (χ1n) is 4.53. The second-order valence-electron chi connectivity index (χ2n) is 3.38. The second-order valence-corrected chi connectivity index (χ2v) is 4.24. The lowest BCUT2D eigenvalue weighted by atomic mass is 10.1. The molecule has 0 amide bonds. The molecule has 1 heterocycles. The lowest BCUT2D eigenvalue weighted by molar-refractivity contribution is 0.390. The van der Waals surface area contributed by atoms with E-state index in [0.29, 0.717) is 18.3 Å². The Morgan fingerprint density at radius 2 is 2.21 bits per heavy atom. The van der Waals surface area contributed by atoms with Crippen LogP contribution in [0.3, 0.4) is 0 Å². The predicted molar refractivity (Wildman–Crippen MR) is 60.5 cm³/mol. The predicted octanol–water partition coefficient (Wildman–Crippen LogP) is 2.43. The molecule has 0 fully saturated rings. The Bertz CT molecular complexity index is 326. The highest BCUT2D eigenvalue weighted by atomic mass is 79.9. The topological polar surface area (TPSA) is 48.1 Å². The Morgan fingerprint density at radius 1 is 1.57 bits per heavy atom. The molecule has 0 unspecified atom stereocenters. The van der Waals surface area contributed by atoms with Crippen LogP contribution in [0.5, 0.6) is 5.88 Å². The molecule has 0 saturated heterocycles. The molecule has 0 aliphatic rings. The summed E-state index contributed by atoms with van der Waals surface area (Å²) in [6.45, 7) is 4.62. The largest absolute Gasteiger partial charge is 0.481 e. The van der Waals surface area contributed by atoms with Crippen LogP contribution in [0, 0.1) is 0 Å². The summed E-state index contributed by atoms with van der Waals surface area (Å²) in [7, 11) is 1.61. The van der Waals surface area contributed by atoms with Gasteiger partial charge >= 0.3 is 0 Å². The van der Waals surface area contributed by atoms with Crippen molar-refractivity contribution in [2.24, 2.45) is 5.73 Å². The maximum Gasteiger partial charge on any atom is 0.217 e. The molecule has 0 atom stereocenters. The van der Waals surface area contributed by atoms with Crippen LogP contribution in [0.2, 0.25) is 0 Å². The van der Waals surface area contributed by atoms with E-state index in [2.05, 4.69) is 34.8 Å². The smallest absolute Gasteiger partial charge is 0.217 e. The number of halogens is 1. The Morgan fingerprint density at radius 3 is 2.64 bits per heavy atom. The van der Waals surface area contributed by atoms with Crippen molar-refractivity contribution in [3.05, 3.63) is 21.8 Å². The van der Waals surface area contributed by atoms with Crippen LogP contribution in [0.1, 0.15) is 31.0 Å². The van der Waals surface area contributed by atoms with Crippen LogP contribution in [-0.4, -0.2) is 12.1 Å². The van der Waals surface area contributed by atoms with Crippen molar-refractivity contribution < 1.29 is 4.74 Å². The summed E-state index contributed by atoms with van der Waals surface area (Å²) in [5.74, 6) is 0.990. The van der Waals surface area contributed by atoms with Crippen molar-refractivity contribution in [3.8, 4) is 5.88 Å². The number of hydrogen-bond acceptors (Lipinski definition) is 3. The molecule has 0 aliphatic carbocycles. The van der Waals surface area contributed by atoms with Gasteiger partial charge in [-0.2, -0.15) is 0 Å². The molecule has 78 valence electrons. The summed E-state index contributed by atoms with van der Waals surface area (Å²) in [6.07, 6.45) is 0. The number of pyridine rings is 1. The zero-order valence-corrected chi connectivity index (χ0v) is 10.3. The van der Waals surface area contributed by atoms with Crippen LogP contribution < -0.4 is 10.5 Å². The van der Waals surface area contributed by atoms with E-state index in [0.717, 1.165) is 15.7 Å². The minimum absolute atomic E-state index is 0.366. The fraction of sp³-hybridized carbons (Fsp3) is 0.500. The van der Waals surface area contributed by atoms with Gasteiger partial charge in [0.2, 0.25) is 5.88 Å². The Kier molecular flexibility index (Phi) is 3.89. The van der Waals surface area contributed by atoms with Gasteiger partial charge in [0.05, 0.1) is 12.8 Å². The molecule has 0 aromatic carbocycles. The molecule has 0 saturated carbocycles. The van der Waals surface area contributed by atoms with Crippen LogP contribution in [0.4, 0.5) is 0 Å². The first-order valence-corrected chi connectivity index (χ1v) is 5.32. The molecule has 1 rings (SSSR count). The number of rotatable bonds is 3. The van der Waals surface area contributed by atoms with Crippen molar-refractivity contribution in [1.82, 2.24) is 4.98 Å². The van der Waals surface area contributed by atoms with Crippen molar-refractivity contribution >= 4 is 15.9 Å². The lowest BCUT2D eigenvalue weighted by Crippen LogP contribution is -2.05. The quantitative estimate of drug-likeness (QED) is 0.906. The van der Waals surface area contributed by atoms with Gasteiger partial charge in [-0.3, -0.25) is 0 Å². The molecular weight excluding hydrogens is 244 g/mol. The number of ether oxygens (including phenoxy) is 1. The highest BCUT2D eigenvalue weighted by molar-refractivity contribution is 9.10. The summed E-state index contributed by atoms with van der Waals surface area (Å²) in [4.78, 5) is 4.41. The number of nitrogens with two attached hydrogens (primary N) is 1. The molecule has 0 radical (unpaired) electrons. The molecule has 1 aromatic rings. The van der Waals surface area contributed by atoms with E-state index < -0.39 is 0 Å². The second kappa shape index (κ2) is 4.75. The highest BCUT2D eigenvalue weighted by Crippen LogP contribution is 2.28. The van der Waals surface area contributed by atoms with E-state index >= 15 is 0 Å². The number of hydrogen-bond donors (Lipinski definition) is 1. The molecule has 2 N–H and O–H groups in total. The fourth-order valence-corrected chi connectivity index (χ4v) is 2.07. The standard InChI is InChI=1S/C10H15BrN2O/c1-6(2)9-8(11)4-7(5-12)10(13-9)14-3/h4,6H,5,12H2,1-3H3. The third kappa shape index (κ3) is 2.25. The molecule has 0 aliphatic heterocycles. The van der Waals surface area contributed by atoms with Crippen molar-refractivity contribution in [1.29, 1.82) is 0 Å². The van der Waals surface area contributed by atoms with E-state index in [1.165, 1.54) is 0 Å². The van der Waals surface area contributed by atoms with Crippen molar-refractivity contribution in [2.75, 3.05) is 7.11 Å². The van der Waals surface area contributed by atoms with Gasteiger partial charge in [0.1, 0.15) is 0 Å². The Hall–Kier alpha value is -0.610. The van der Waals surface area contributed by atoms with Gasteiger partial charge in [-0.15, -0.1) is 0 Å². The van der Waals surface area contributed by atoms with Crippen LogP contribution in [0.15, 0.2) is 10.5 Å². The van der Waals surface area contributed by atoms with Gasteiger partial charge in [0, 0.05) is 16.6 Å². The minimum Gasteiger partial charge on any atom is -0.481 e. The zero-order valence-electron chi connectivity index (χ0n) is 8.67. The zero-order chi connectivity index (χ0) is 10.7. The summed E-state index contributed by atoms with van der Waals surface area (Å²) < 4.78 is 6.16. The first kappa shape index (κ1) is 11.5. The van der Waals surface area contributed by atoms with Gasteiger partial charge in [0.25, 0.3) is 0 Å². The van der Waals surface area contributed by atoms with Crippen molar-refractivity contribution in [2.45, 2.75) is 26.3 Å². The molecular formula is C10H15BrN2O. The van der Waals surface area contributed by atoms with Gasteiger partial charge < -0.3 is 10.5 Å². The molecule has 14 heavy (non-hydrogen) atoms. The summed E-state index contributed by atoms with van der Waals surface area (Å²) in [6, 6.07) is 1.97. The van der Waals surface area contributed by atoms with E-state index in [4.69, 9.17) is 10.5 Å². The molecule has 1 aromatic heterocycles. The van der Waals surface area contributed by atoms with E-state index in [1.807, 2.05) is 6.07 Å². The Labute approximate surface area is 92.8 Å². The monoisotopic (exact) mass is 258 g/mol. The number of aromatic nitrogens is 1. The van der Waals surface area contributed by atoms with E-state index in [9.17, 15) is 0 Å². The highest BCUT2D eigenvalue weighted by Gasteiger charge is 2.12. The van der Waals surface area contributed by atoms with E-state index in [1.54, 1.807) is 7.11 Å². The van der Waals surface area contributed by atoms with Gasteiger partial charge in [-0.25, -0.2) is 4.98 Å². The normalized spacial score (nSPS) is 10.7. The minimum atomic E-state index is 0.366. The van der Waals surface area contributed by atoms with Crippen LogP contribution >= 0.6 is 15.9 Å². The third-order valence-corrected chi connectivity index (χ3v) is 2.64. The van der Waals surface area contributed by atoms with Crippen LogP contribution in [-0.2, 0) is 6.54 Å². The van der Waals surface area contributed by atoms with Gasteiger partial charge in [0.15, 0.2) is 0 Å². The first-order chi connectivity index (χ1) is 6.60. The molecule has 0 spiro atoms.